The highest BCUT2D eigenvalue weighted by Gasteiger charge is 2.33. The van der Waals surface area contributed by atoms with Crippen molar-refractivity contribution in [1.82, 2.24) is 10.2 Å². The van der Waals surface area contributed by atoms with E-state index in [1.165, 1.54) is 19.2 Å². The Balaban J connectivity index is 1.63. The number of nitrogen functional groups attached to an aromatic ring is 1. The molecule has 9 nitrogen and oxygen atoms in total. The van der Waals surface area contributed by atoms with Crippen LogP contribution in [0.2, 0.25) is 15.1 Å². The van der Waals surface area contributed by atoms with Gasteiger partial charge in [0, 0.05) is 25.7 Å². The molecule has 0 bridgehead atoms. The van der Waals surface area contributed by atoms with Crippen LogP contribution in [0.3, 0.4) is 0 Å². The van der Waals surface area contributed by atoms with E-state index in [1.54, 1.807) is 25.1 Å². The fourth-order valence-electron chi connectivity index (χ4n) is 4.08. The molecule has 1 saturated heterocycles. The first-order chi connectivity index (χ1) is 17.1. The highest BCUT2D eigenvalue weighted by atomic mass is 35.5. The molecular weight excluding hydrogens is 531 g/mol. The number of methoxy groups -OCH3 is 1. The Labute approximate surface area is 224 Å². The van der Waals surface area contributed by atoms with Crippen LogP contribution in [-0.2, 0) is 4.74 Å². The standard InChI is InChI=1S/C24H29Cl3N4O5/c1-13(35-24(29)33)23(36-21-16(25)4-3-5-17(21)26)31-8-6-14(7-9-31)12-30-22(32)15-10-18(27)19(28)11-20(15)34-2/h3-5,10-11,13-14,23H,6-9,12,28H2,1-2H3,(H2,29,33)(H,30,32). The third-order valence-electron chi connectivity index (χ3n) is 5.98. The number of nitrogens with one attached hydrogen (secondary N) is 1. The third-order valence-corrected chi connectivity index (χ3v) is 6.91. The fraction of sp³-hybridized carbons (Fsp3) is 0.417. The molecule has 0 radical (unpaired) electrons. The minimum atomic E-state index is -0.905. The van der Waals surface area contributed by atoms with Crippen molar-refractivity contribution >= 4 is 52.5 Å². The molecule has 196 valence electrons. The number of nitrogens with two attached hydrogens (primary N) is 2. The fourth-order valence-corrected chi connectivity index (χ4v) is 4.73. The summed E-state index contributed by atoms with van der Waals surface area (Å²) in [6.07, 6.45) is -0.726. The SMILES string of the molecule is COc1cc(N)c(Cl)cc1C(=O)NCC1CCN(C(Oc2c(Cl)cccc2Cl)C(C)OC(N)=O)CC1. The van der Waals surface area contributed by atoms with Crippen LogP contribution in [0.4, 0.5) is 10.5 Å². The molecule has 0 spiro atoms. The lowest BCUT2D eigenvalue weighted by atomic mass is 9.96. The number of carbonyl (C=O) groups excluding carboxylic acids is 2. The van der Waals surface area contributed by atoms with Crippen molar-refractivity contribution < 1.29 is 23.8 Å². The van der Waals surface area contributed by atoms with Crippen molar-refractivity contribution in [3.05, 3.63) is 51.0 Å². The van der Waals surface area contributed by atoms with Gasteiger partial charge in [-0.3, -0.25) is 9.69 Å². The Hall–Kier alpha value is -2.59. The van der Waals surface area contributed by atoms with Gasteiger partial charge in [0.2, 0.25) is 0 Å². The van der Waals surface area contributed by atoms with Crippen LogP contribution in [0.25, 0.3) is 0 Å². The number of benzene rings is 2. The van der Waals surface area contributed by atoms with Crippen LogP contribution >= 0.6 is 34.8 Å². The maximum absolute atomic E-state index is 12.8. The summed E-state index contributed by atoms with van der Waals surface area (Å²) in [5.74, 6) is 0.578. The molecule has 1 fully saturated rings. The van der Waals surface area contributed by atoms with E-state index in [9.17, 15) is 9.59 Å². The number of piperidine rings is 1. The Kier molecular flexibility index (Phi) is 9.78. The monoisotopic (exact) mass is 558 g/mol. The van der Waals surface area contributed by atoms with Crippen LogP contribution < -0.4 is 26.3 Å². The van der Waals surface area contributed by atoms with Crippen LogP contribution in [0, 0.1) is 5.92 Å². The minimum Gasteiger partial charge on any atom is -0.496 e. The highest BCUT2D eigenvalue weighted by molar-refractivity contribution is 6.37. The second kappa shape index (κ2) is 12.6. The molecule has 2 aromatic carbocycles. The highest BCUT2D eigenvalue weighted by Crippen LogP contribution is 2.35. The van der Waals surface area contributed by atoms with Gasteiger partial charge in [0.05, 0.1) is 33.4 Å². The topological polar surface area (TPSA) is 129 Å². The first-order valence-corrected chi connectivity index (χ1v) is 12.5. The maximum atomic E-state index is 12.8. The molecule has 36 heavy (non-hydrogen) atoms. The second-order valence-corrected chi connectivity index (χ2v) is 9.69. The van der Waals surface area contributed by atoms with E-state index in [2.05, 4.69) is 5.32 Å². The van der Waals surface area contributed by atoms with E-state index in [0.29, 0.717) is 52.4 Å². The quantitative estimate of drug-likeness (QED) is 0.384. The molecule has 3 rings (SSSR count). The van der Waals surface area contributed by atoms with E-state index >= 15 is 0 Å². The smallest absolute Gasteiger partial charge is 0.404 e. The van der Waals surface area contributed by atoms with Crippen molar-refractivity contribution in [2.24, 2.45) is 11.7 Å². The zero-order valence-corrected chi connectivity index (χ0v) is 22.2. The number of ether oxygens (including phenoxy) is 3. The molecular formula is C24H29Cl3N4O5. The van der Waals surface area contributed by atoms with Crippen LogP contribution in [-0.4, -0.2) is 56.0 Å². The molecule has 2 amide bonds. The Morgan fingerprint density at radius 3 is 2.36 bits per heavy atom. The zero-order chi connectivity index (χ0) is 26.4. The predicted octanol–water partition coefficient (Wildman–Crippen LogP) is 4.57. The summed E-state index contributed by atoms with van der Waals surface area (Å²) in [5.41, 5.74) is 11.7. The summed E-state index contributed by atoms with van der Waals surface area (Å²) in [6, 6.07) is 8.06. The zero-order valence-electron chi connectivity index (χ0n) is 19.9. The van der Waals surface area contributed by atoms with Crippen molar-refractivity contribution in [3.63, 3.8) is 0 Å². The number of halogens is 3. The molecule has 1 heterocycles. The van der Waals surface area contributed by atoms with E-state index < -0.39 is 18.4 Å². The van der Waals surface area contributed by atoms with Gasteiger partial charge in [-0.2, -0.15) is 0 Å². The summed E-state index contributed by atoms with van der Waals surface area (Å²) in [6.45, 7) is 3.40. The summed E-state index contributed by atoms with van der Waals surface area (Å²) in [7, 11) is 1.46. The first kappa shape index (κ1) is 28.0. The van der Waals surface area contributed by atoms with E-state index in [1.807, 2.05) is 4.90 Å². The number of amides is 2. The molecule has 2 atom stereocenters. The second-order valence-electron chi connectivity index (χ2n) is 8.46. The number of carbonyl (C=O) groups is 2. The number of likely N-dealkylation sites (tertiary alicyclic amines) is 1. The lowest BCUT2D eigenvalue weighted by Gasteiger charge is -2.39. The van der Waals surface area contributed by atoms with Crippen molar-refractivity contribution in [2.75, 3.05) is 32.5 Å². The minimum absolute atomic E-state index is 0.220. The third kappa shape index (κ3) is 7.00. The first-order valence-electron chi connectivity index (χ1n) is 11.3. The van der Waals surface area contributed by atoms with Gasteiger partial charge in [-0.05, 0) is 43.9 Å². The van der Waals surface area contributed by atoms with Gasteiger partial charge in [0.1, 0.15) is 5.75 Å². The van der Waals surface area contributed by atoms with E-state index in [4.69, 9.17) is 60.5 Å². The van der Waals surface area contributed by atoms with Gasteiger partial charge < -0.3 is 31.0 Å². The van der Waals surface area contributed by atoms with Crippen LogP contribution in [0.15, 0.2) is 30.3 Å². The Morgan fingerprint density at radius 2 is 1.78 bits per heavy atom. The molecule has 5 N–H and O–H groups in total. The average Bonchev–Trinajstić information content (AvgIpc) is 2.83. The van der Waals surface area contributed by atoms with Crippen molar-refractivity contribution in [3.8, 4) is 11.5 Å². The van der Waals surface area contributed by atoms with E-state index in [0.717, 1.165) is 12.8 Å². The van der Waals surface area contributed by atoms with Crippen LogP contribution in [0.5, 0.6) is 11.5 Å². The largest absolute Gasteiger partial charge is 0.496 e. The number of rotatable bonds is 9. The van der Waals surface area contributed by atoms with Gasteiger partial charge in [-0.15, -0.1) is 0 Å². The number of para-hydroxylation sites is 1. The van der Waals surface area contributed by atoms with Gasteiger partial charge in [0.15, 0.2) is 18.1 Å². The number of primary amides is 1. The summed E-state index contributed by atoms with van der Waals surface area (Å²) in [5, 5.41) is 3.92. The number of nitrogens with zero attached hydrogens (tertiary/aromatic N) is 1. The summed E-state index contributed by atoms with van der Waals surface area (Å²) in [4.78, 5) is 26.2. The Morgan fingerprint density at radius 1 is 1.14 bits per heavy atom. The van der Waals surface area contributed by atoms with Crippen LogP contribution in [0.1, 0.15) is 30.1 Å². The molecule has 0 aliphatic carbocycles. The lowest BCUT2D eigenvalue weighted by Crippen LogP contribution is -2.52. The lowest BCUT2D eigenvalue weighted by molar-refractivity contribution is -0.0727. The van der Waals surface area contributed by atoms with Gasteiger partial charge >= 0.3 is 6.09 Å². The molecule has 1 aliphatic heterocycles. The molecule has 12 heteroatoms. The van der Waals surface area contributed by atoms with Crippen molar-refractivity contribution in [1.29, 1.82) is 0 Å². The van der Waals surface area contributed by atoms with Gasteiger partial charge in [-0.1, -0.05) is 40.9 Å². The number of hydrogen-bond donors (Lipinski definition) is 3. The molecule has 1 aliphatic rings. The predicted molar refractivity (Wildman–Crippen MR) is 140 cm³/mol. The number of hydrogen-bond acceptors (Lipinski definition) is 7. The maximum Gasteiger partial charge on any atom is 0.404 e. The molecule has 0 saturated carbocycles. The van der Waals surface area contributed by atoms with Gasteiger partial charge in [-0.25, -0.2) is 4.79 Å². The summed E-state index contributed by atoms with van der Waals surface area (Å²) >= 11 is 18.6. The van der Waals surface area contributed by atoms with E-state index in [-0.39, 0.29) is 16.8 Å². The van der Waals surface area contributed by atoms with Gasteiger partial charge in [0.25, 0.3) is 5.91 Å². The number of anilines is 1. The average molecular weight is 560 g/mol. The Bertz CT molecular complexity index is 1080. The molecule has 2 unspecified atom stereocenters. The summed E-state index contributed by atoms with van der Waals surface area (Å²) < 4.78 is 16.6. The molecule has 2 aromatic rings. The normalized spacial score (nSPS) is 16.1. The molecule has 0 aromatic heterocycles. The van der Waals surface area contributed by atoms with Crippen molar-refractivity contribution in [2.45, 2.75) is 32.1 Å².